The number of rotatable bonds is 10. The number of thiophene rings is 1. The van der Waals surface area contributed by atoms with Crippen LogP contribution in [0.2, 0.25) is 0 Å². The molecule has 0 amide bonds. The summed E-state index contributed by atoms with van der Waals surface area (Å²) in [6.07, 6.45) is 0.179. The smallest absolute Gasteiger partial charge is 0.441 e. The first-order chi connectivity index (χ1) is 21.3. The van der Waals surface area contributed by atoms with E-state index in [2.05, 4.69) is 10.1 Å². The van der Waals surface area contributed by atoms with Gasteiger partial charge in [-0.15, -0.1) is 11.3 Å². The number of alkyl halides is 6. The quantitative estimate of drug-likeness (QED) is 0.249. The molecule has 252 valence electrons. The summed E-state index contributed by atoms with van der Waals surface area (Å²) in [4.78, 5) is 16.0. The first-order valence-corrected chi connectivity index (χ1v) is 15.4. The highest BCUT2D eigenvalue weighted by Crippen LogP contribution is 2.30. The van der Waals surface area contributed by atoms with Crippen molar-refractivity contribution >= 4 is 23.0 Å². The van der Waals surface area contributed by atoms with Gasteiger partial charge in [0.1, 0.15) is 31.4 Å². The highest BCUT2D eigenvalue weighted by Gasteiger charge is 2.41. The predicted molar refractivity (Wildman–Crippen MR) is 160 cm³/mol. The minimum absolute atomic E-state index is 0. The minimum atomic E-state index is -5.19. The standard InChI is InChI=1S/C28H32F3N5OS.C2HF3O2.CH4/c1-2-26(28(29,30)31)32-16-24-14-21(19-38-24)25-17-34-36-18-22(15-33-27(25)36)20-6-8-23(9-7-20)37-13-12-35-10-4-3-5-11-35;3-2(4,5)1(6)7;/h6-9,14-15,17-19,26,32H,2-5,10-13,16H2,1H3;(H,6,7);1H4/p+1/t26-;;/m0../s1. The molecular weight excluding hydrogens is 636 g/mol. The Morgan fingerprint density at radius 2 is 1.74 bits per heavy atom. The Morgan fingerprint density at radius 1 is 1.07 bits per heavy atom. The van der Waals surface area contributed by atoms with Crippen molar-refractivity contribution in [3.63, 3.8) is 0 Å². The number of nitrogens with two attached hydrogens (primary N) is 1. The molecule has 1 aliphatic rings. The van der Waals surface area contributed by atoms with E-state index in [1.54, 1.807) is 22.5 Å². The average molecular weight is 675 g/mol. The molecule has 3 N–H and O–H groups in total. The molecule has 0 spiro atoms. The van der Waals surface area contributed by atoms with Crippen molar-refractivity contribution in [1.29, 1.82) is 0 Å². The number of ether oxygens (including phenoxy) is 1. The molecule has 15 heteroatoms. The van der Waals surface area contributed by atoms with Crippen LogP contribution in [0.4, 0.5) is 26.3 Å². The highest BCUT2D eigenvalue weighted by atomic mass is 32.1. The van der Waals surface area contributed by atoms with E-state index >= 15 is 0 Å². The minimum Gasteiger partial charge on any atom is -0.542 e. The van der Waals surface area contributed by atoms with Gasteiger partial charge in [-0.05, 0) is 54.0 Å². The van der Waals surface area contributed by atoms with Gasteiger partial charge in [0, 0.05) is 29.9 Å². The monoisotopic (exact) mass is 674 g/mol. The van der Waals surface area contributed by atoms with Gasteiger partial charge >= 0.3 is 12.4 Å². The van der Waals surface area contributed by atoms with E-state index in [-0.39, 0.29) is 13.8 Å². The Bertz CT molecular complexity index is 1530. The lowest BCUT2D eigenvalue weighted by Gasteiger charge is -2.23. The third-order valence-electron chi connectivity index (χ3n) is 7.49. The molecular formula is C31H38F6N5O3S+. The molecule has 0 radical (unpaired) electrons. The fraction of sp³-hybridized carbons (Fsp3) is 0.452. The number of quaternary nitrogens is 2. The molecule has 0 unspecified atom stereocenters. The van der Waals surface area contributed by atoms with E-state index < -0.39 is 24.4 Å². The molecule has 1 aliphatic heterocycles. The summed E-state index contributed by atoms with van der Waals surface area (Å²) in [6.45, 7) is 6.12. The normalized spacial score (nSPS) is 14.7. The highest BCUT2D eigenvalue weighted by molar-refractivity contribution is 7.10. The van der Waals surface area contributed by atoms with Gasteiger partial charge in [-0.1, -0.05) is 26.5 Å². The van der Waals surface area contributed by atoms with Gasteiger partial charge in [0.25, 0.3) is 0 Å². The second-order valence-electron chi connectivity index (χ2n) is 10.7. The Hall–Kier alpha value is -3.69. The molecule has 1 atom stereocenters. The van der Waals surface area contributed by atoms with Crippen molar-refractivity contribution in [2.75, 3.05) is 26.2 Å². The van der Waals surface area contributed by atoms with Crippen molar-refractivity contribution in [2.24, 2.45) is 0 Å². The molecule has 46 heavy (non-hydrogen) atoms. The number of likely N-dealkylation sites (tertiary alicyclic amines) is 1. The summed E-state index contributed by atoms with van der Waals surface area (Å²) in [5.74, 6) is -2.14. The van der Waals surface area contributed by atoms with Crippen LogP contribution >= 0.6 is 11.3 Å². The average Bonchev–Trinajstić information content (AvgIpc) is 3.64. The molecule has 1 saturated heterocycles. The molecule has 1 aromatic carbocycles. The van der Waals surface area contributed by atoms with Gasteiger partial charge < -0.3 is 24.9 Å². The number of carboxylic acids is 1. The number of carbonyl (C=O) groups is 1. The SMILES string of the molecule is C.CC[C@H]([NH2+]Cc1cc(-c2cnn3cc(-c4ccc(OCC[NH+]5CCCCC5)cc4)cnc23)cs1)C(F)(F)F.O=C([O-])C(F)(F)F. The van der Waals surface area contributed by atoms with Crippen LogP contribution in [-0.2, 0) is 11.3 Å². The van der Waals surface area contributed by atoms with E-state index in [1.165, 1.54) is 49.0 Å². The fourth-order valence-corrected chi connectivity index (χ4v) is 5.87. The van der Waals surface area contributed by atoms with Crippen molar-refractivity contribution < 1.29 is 51.2 Å². The number of aliphatic carboxylic acids is 1. The molecule has 0 bridgehead atoms. The Kier molecular flexibility index (Phi) is 13.0. The Morgan fingerprint density at radius 3 is 2.35 bits per heavy atom. The second-order valence-corrected chi connectivity index (χ2v) is 11.7. The van der Waals surface area contributed by atoms with E-state index in [4.69, 9.17) is 14.6 Å². The number of fused-ring (bicyclic) bond motifs is 1. The number of carbonyl (C=O) groups excluding carboxylic acids is 1. The zero-order valence-corrected chi connectivity index (χ0v) is 25.3. The topological polar surface area (TPSA) is 101 Å². The maximum Gasteiger partial charge on any atom is 0.441 e. The molecule has 0 saturated carbocycles. The molecule has 4 heterocycles. The van der Waals surface area contributed by atoms with Gasteiger partial charge in [-0.25, -0.2) is 9.50 Å². The number of aromatic nitrogens is 3. The van der Waals surface area contributed by atoms with Crippen LogP contribution in [0.3, 0.4) is 0 Å². The van der Waals surface area contributed by atoms with E-state index in [0.29, 0.717) is 12.2 Å². The van der Waals surface area contributed by atoms with Crippen LogP contribution in [0.1, 0.15) is 44.9 Å². The van der Waals surface area contributed by atoms with E-state index in [0.717, 1.165) is 46.0 Å². The zero-order chi connectivity index (χ0) is 32.6. The van der Waals surface area contributed by atoms with Gasteiger partial charge in [-0.2, -0.15) is 31.4 Å². The van der Waals surface area contributed by atoms with Gasteiger partial charge in [-0.3, -0.25) is 0 Å². The third-order valence-corrected chi connectivity index (χ3v) is 8.45. The van der Waals surface area contributed by atoms with Crippen molar-refractivity contribution in [2.45, 2.75) is 65.0 Å². The predicted octanol–water partition coefficient (Wildman–Crippen LogP) is 3.91. The number of nitrogens with zero attached hydrogens (tertiary/aromatic N) is 3. The number of carboxylic acid groups (broad SMARTS) is 1. The van der Waals surface area contributed by atoms with Crippen LogP contribution in [0.15, 0.2) is 54.3 Å². The molecule has 3 aromatic heterocycles. The van der Waals surface area contributed by atoms with E-state index in [1.807, 2.05) is 48.1 Å². The number of piperidine rings is 1. The number of halogens is 6. The van der Waals surface area contributed by atoms with Gasteiger partial charge in [0.05, 0.1) is 24.2 Å². The molecule has 8 nitrogen and oxygen atoms in total. The summed E-state index contributed by atoms with van der Waals surface area (Å²) in [5.41, 5.74) is 4.45. The van der Waals surface area contributed by atoms with Crippen LogP contribution in [0.25, 0.3) is 27.9 Å². The Labute approximate surface area is 267 Å². The lowest BCUT2D eigenvalue weighted by molar-refractivity contribution is -0.904. The van der Waals surface area contributed by atoms with Crippen LogP contribution in [0.5, 0.6) is 5.75 Å². The van der Waals surface area contributed by atoms with E-state index in [9.17, 15) is 26.3 Å². The van der Waals surface area contributed by atoms with Crippen molar-refractivity contribution in [3.8, 4) is 28.0 Å². The largest absolute Gasteiger partial charge is 0.542 e. The molecule has 4 aromatic rings. The third kappa shape index (κ3) is 10.2. The first kappa shape index (κ1) is 36.8. The van der Waals surface area contributed by atoms with Crippen LogP contribution in [-0.4, -0.2) is 65.2 Å². The second kappa shape index (κ2) is 16.2. The summed E-state index contributed by atoms with van der Waals surface area (Å²) < 4.78 is 78.4. The van der Waals surface area contributed by atoms with Gasteiger partial charge in [0.2, 0.25) is 0 Å². The number of nitrogens with one attached hydrogen (secondary N) is 1. The maximum absolute atomic E-state index is 13.1. The number of hydrogen-bond donors (Lipinski definition) is 2. The lowest BCUT2D eigenvalue weighted by atomic mass is 10.1. The summed E-state index contributed by atoms with van der Waals surface area (Å²) in [7, 11) is 0. The summed E-state index contributed by atoms with van der Waals surface area (Å²) >= 11 is 1.46. The number of hydrogen-bond acceptors (Lipinski definition) is 6. The lowest BCUT2D eigenvalue weighted by Crippen LogP contribution is -3.13. The Balaban J connectivity index is 0.000000648. The zero-order valence-electron chi connectivity index (χ0n) is 24.5. The molecule has 0 aliphatic carbocycles. The maximum atomic E-state index is 13.1. The van der Waals surface area contributed by atoms with Crippen LogP contribution in [0, 0.1) is 0 Å². The summed E-state index contributed by atoms with van der Waals surface area (Å²) in [5, 5.41) is 16.6. The first-order valence-electron chi connectivity index (χ1n) is 14.5. The van der Waals surface area contributed by atoms with Gasteiger partial charge in [0.15, 0.2) is 11.7 Å². The number of benzene rings is 1. The summed E-state index contributed by atoms with van der Waals surface area (Å²) in [6, 6.07) is 8.59. The van der Waals surface area contributed by atoms with Crippen LogP contribution < -0.4 is 20.1 Å². The van der Waals surface area contributed by atoms with Crippen molar-refractivity contribution in [3.05, 3.63) is 59.2 Å². The molecule has 5 rings (SSSR count). The fourth-order valence-electron chi connectivity index (χ4n) is 5.01. The molecule has 1 fully saturated rings. The van der Waals surface area contributed by atoms with Crippen molar-refractivity contribution in [1.82, 2.24) is 14.6 Å².